The first kappa shape index (κ1) is 26.3. The van der Waals surface area contributed by atoms with Crippen LogP contribution in [0.25, 0.3) is 11.0 Å². The summed E-state index contributed by atoms with van der Waals surface area (Å²) >= 11 is 0. The summed E-state index contributed by atoms with van der Waals surface area (Å²) in [4.78, 5) is 21.7. The Morgan fingerprint density at radius 1 is 1.27 bits per heavy atom. The standard InChI is InChI=1S/C13H14F3N2O12P3/c14-13(15,16)7-2-1-3-8-12(7)17-6-18(8)11-4-9(19)10(27-11)5-26-31(21)29-33(24,25)30-32(22,23)28-20/h1-3,6,9-11,19H,4-5H2,(H2-,20,22,23,24,25)/p+1/t9-,10+,11+/m0/s1. The summed E-state index contributed by atoms with van der Waals surface area (Å²) in [6.07, 6.45) is -7.07. The maximum absolute atomic E-state index is 13.2. The molecule has 184 valence electrons. The van der Waals surface area contributed by atoms with Gasteiger partial charge in [0.25, 0.3) is 0 Å². The molecular weight excluding hydrogens is 526 g/mol. The van der Waals surface area contributed by atoms with E-state index >= 15 is 0 Å². The lowest BCUT2D eigenvalue weighted by Gasteiger charge is -2.14. The zero-order chi connectivity index (χ0) is 24.6. The van der Waals surface area contributed by atoms with Gasteiger partial charge in [-0.05, 0) is 16.4 Å². The molecule has 1 aliphatic rings. The number of halogens is 3. The Labute approximate surface area is 182 Å². The smallest absolute Gasteiger partial charge is 0.390 e. The number of aliphatic hydroxyl groups excluding tert-OH is 1. The van der Waals surface area contributed by atoms with Gasteiger partial charge in [-0.15, -0.1) is 9.20 Å². The van der Waals surface area contributed by atoms with Crippen molar-refractivity contribution in [1.29, 1.82) is 0 Å². The molecule has 0 bridgehead atoms. The molecule has 1 fully saturated rings. The molecule has 33 heavy (non-hydrogen) atoms. The van der Waals surface area contributed by atoms with Crippen LogP contribution in [-0.4, -0.2) is 48.5 Å². The minimum absolute atomic E-state index is 0.0795. The highest BCUT2D eigenvalue weighted by molar-refractivity contribution is 7.64. The molecule has 0 radical (unpaired) electrons. The number of hydrogen-bond donors (Lipinski definition) is 4. The summed E-state index contributed by atoms with van der Waals surface area (Å²) in [7, 11) is -14.3. The molecule has 3 rings (SSSR count). The molecule has 2 heterocycles. The molecule has 1 saturated heterocycles. The van der Waals surface area contributed by atoms with E-state index in [0.29, 0.717) is 0 Å². The molecule has 1 aromatic carbocycles. The number of fused-ring (bicyclic) bond motifs is 1. The lowest BCUT2D eigenvalue weighted by molar-refractivity contribution is -0.157. The molecule has 4 N–H and O–H groups in total. The van der Waals surface area contributed by atoms with Crippen molar-refractivity contribution in [1.82, 2.24) is 9.55 Å². The van der Waals surface area contributed by atoms with Crippen LogP contribution in [0.5, 0.6) is 0 Å². The lowest BCUT2D eigenvalue weighted by atomic mass is 10.1. The Balaban J connectivity index is 1.63. The van der Waals surface area contributed by atoms with Crippen molar-refractivity contribution < 1.29 is 69.6 Å². The second kappa shape index (κ2) is 9.74. The van der Waals surface area contributed by atoms with Crippen LogP contribution in [0.1, 0.15) is 18.2 Å². The minimum atomic E-state index is -5.48. The largest absolute Gasteiger partial charge is 0.708 e. The summed E-state index contributed by atoms with van der Waals surface area (Å²) in [6.45, 7) is -0.680. The average Bonchev–Trinajstić information content (AvgIpc) is 3.27. The van der Waals surface area contributed by atoms with Crippen molar-refractivity contribution in [2.24, 2.45) is 0 Å². The number of para-hydroxylation sites is 1. The van der Waals surface area contributed by atoms with E-state index < -0.39 is 60.7 Å². The van der Waals surface area contributed by atoms with Crippen molar-refractivity contribution in [2.75, 3.05) is 6.61 Å². The monoisotopic (exact) mass is 541 g/mol. The highest BCUT2D eigenvalue weighted by atomic mass is 31.3. The first-order valence-corrected chi connectivity index (χ1v) is 12.7. The van der Waals surface area contributed by atoms with Crippen LogP contribution >= 0.6 is 23.9 Å². The fourth-order valence-corrected chi connectivity index (χ4v) is 5.64. The second-order valence-corrected chi connectivity index (χ2v) is 10.5. The van der Waals surface area contributed by atoms with E-state index in [1.54, 1.807) is 0 Å². The molecule has 1 aromatic heterocycles. The molecule has 6 atom stereocenters. The van der Waals surface area contributed by atoms with Gasteiger partial charge in [0.15, 0.2) is 0 Å². The lowest BCUT2D eigenvalue weighted by Crippen LogP contribution is -2.25. The quantitative estimate of drug-likeness (QED) is 0.206. The number of aromatic nitrogens is 2. The molecule has 3 unspecified atom stereocenters. The van der Waals surface area contributed by atoms with E-state index in [-0.39, 0.29) is 17.5 Å². The van der Waals surface area contributed by atoms with Gasteiger partial charge in [0.1, 0.15) is 24.5 Å². The van der Waals surface area contributed by atoms with E-state index in [0.717, 1.165) is 12.4 Å². The summed E-state index contributed by atoms with van der Waals surface area (Å²) < 4.78 is 95.4. The van der Waals surface area contributed by atoms with Gasteiger partial charge in [-0.3, -0.25) is 4.89 Å². The predicted molar refractivity (Wildman–Crippen MR) is 98.4 cm³/mol. The number of nitrogens with zero attached hydrogens (tertiary/aromatic N) is 2. The summed E-state index contributed by atoms with van der Waals surface area (Å²) in [5, 5.41) is 18.2. The van der Waals surface area contributed by atoms with Crippen molar-refractivity contribution in [3.8, 4) is 0 Å². The molecule has 20 heteroatoms. The summed E-state index contributed by atoms with van der Waals surface area (Å²) in [5.74, 6) is 0. The van der Waals surface area contributed by atoms with E-state index in [2.05, 4.69) is 22.8 Å². The van der Waals surface area contributed by atoms with Gasteiger partial charge < -0.3 is 19.3 Å². The van der Waals surface area contributed by atoms with Gasteiger partial charge in [-0.25, -0.2) is 19.4 Å². The molecule has 14 nitrogen and oxygen atoms in total. The maximum Gasteiger partial charge on any atom is 0.708 e. The first-order valence-electron chi connectivity index (χ1n) is 8.58. The van der Waals surface area contributed by atoms with Crippen LogP contribution in [0.4, 0.5) is 13.2 Å². The molecule has 0 saturated carbocycles. The van der Waals surface area contributed by atoms with Gasteiger partial charge in [0.05, 0.1) is 23.5 Å². The Kier molecular flexibility index (Phi) is 7.76. The number of imidazole rings is 1. The average molecular weight is 541 g/mol. The Morgan fingerprint density at radius 2 is 1.97 bits per heavy atom. The van der Waals surface area contributed by atoms with Crippen LogP contribution in [0.15, 0.2) is 24.5 Å². The van der Waals surface area contributed by atoms with Crippen LogP contribution < -0.4 is 0 Å². The van der Waals surface area contributed by atoms with E-state index in [9.17, 15) is 36.9 Å². The molecule has 0 spiro atoms. The van der Waals surface area contributed by atoms with Crippen molar-refractivity contribution >= 4 is 34.9 Å². The minimum Gasteiger partial charge on any atom is -0.390 e. The zero-order valence-electron chi connectivity index (χ0n) is 15.9. The fraction of sp³-hybridized carbons (Fsp3) is 0.462. The Bertz CT molecular complexity index is 1130. The normalized spacial score (nSPS) is 25.7. The summed E-state index contributed by atoms with van der Waals surface area (Å²) in [6, 6.07) is 3.42. The van der Waals surface area contributed by atoms with Crippen LogP contribution in [0, 0.1) is 0 Å². The molecular formula is C13H15F3N2O12P3+. The highest BCUT2D eigenvalue weighted by Crippen LogP contribution is 2.63. The number of alkyl halides is 3. The Hall–Kier alpha value is -1.32. The number of hydrogen-bond acceptors (Lipinski definition) is 11. The maximum atomic E-state index is 13.2. The third-order valence-corrected chi connectivity index (χ3v) is 7.82. The van der Waals surface area contributed by atoms with Crippen LogP contribution in [0.2, 0.25) is 0 Å². The van der Waals surface area contributed by atoms with Gasteiger partial charge in [0.2, 0.25) is 0 Å². The SMILES string of the molecule is O=[P+](OC[C@H]1O[C@@H](n2cnc3c(C(F)(F)F)cccc32)C[C@@H]1O)OP(=O)(O)OP(=O)(O)OO. The number of ether oxygens (including phenoxy) is 1. The van der Waals surface area contributed by atoms with Gasteiger partial charge in [0, 0.05) is 11.0 Å². The molecule has 0 amide bonds. The summed E-state index contributed by atoms with van der Waals surface area (Å²) in [5.41, 5.74) is -1.21. The number of phosphoric acid groups is 2. The van der Waals surface area contributed by atoms with E-state index in [1.807, 2.05) is 0 Å². The van der Waals surface area contributed by atoms with Crippen molar-refractivity contribution in [3.63, 3.8) is 0 Å². The number of benzene rings is 1. The van der Waals surface area contributed by atoms with E-state index in [1.165, 1.54) is 16.7 Å². The van der Waals surface area contributed by atoms with Crippen LogP contribution in [0.3, 0.4) is 0 Å². The van der Waals surface area contributed by atoms with Crippen LogP contribution in [-0.2, 0) is 42.4 Å². The zero-order valence-corrected chi connectivity index (χ0v) is 18.6. The van der Waals surface area contributed by atoms with E-state index in [4.69, 9.17) is 14.9 Å². The predicted octanol–water partition coefficient (Wildman–Crippen LogP) is 3.10. The Morgan fingerprint density at radius 3 is 2.61 bits per heavy atom. The number of rotatable bonds is 9. The molecule has 2 aromatic rings. The van der Waals surface area contributed by atoms with Gasteiger partial charge in [-0.1, -0.05) is 6.07 Å². The number of aliphatic hydroxyl groups is 1. The first-order chi connectivity index (χ1) is 15.2. The van der Waals surface area contributed by atoms with Crippen molar-refractivity contribution in [2.45, 2.75) is 31.0 Å². The highest BCUT2D eigenvalue weighted by Gasteiger charge is 2.46. The molecule has 0 aliphatic carbocycles. The van der Waals surface area contributed by atoms with Gasteiger partial charge >= 0.3 is 30.1 Å². The van der Waals surface area contributed by atoms with Crippen molar-refractivity contribution in [3.05, 3.63) is 30.1 Å². The second-order valence-electron chi connectivity index (χ2n) is 6.46. The topological polar surface area (TPSA) is 196 Å². The molecule has 1 aliphatic heterocycles. The fourth-order valence-electron chi connectivity index (χ4n) is 2.95. The third-order valence-electron chi connectivity index (χ3n) is 4.25. The third kappa shape index (κ3) is 6.42. The van der Waals surface area contributed by atoms with Gasteiger partial charge in [-0.2, -0.15) is 17.5 Å².